The van der Waals surface area contributed by atoms with Crippen molar-refractivity contribution in [1.29, 1.82) is 0 Å². The van der Waals surface area contributed by atoms with Crippen molar-refractivity contribution in [3.8, 4) is 0 Å². The first kappa shape index (κ1) is 9.33. The van der Waals surface area contributed by atoms with Gasteiger partial charge in [0.1, 0.15) is 0 Å². The van der Waals surface area contributed by atoms with Crippen LogP contribution in [0.15, 0.2) is 4.52 Å². The zero-order valence-electron chi connectivity index (χ0n) is 8.91. The molecule has 0 bridgehead atoms. The van der Waals surface area contributed by atoms with Crippen molar-refractivity contribution in [2.45, 2.75) is 43.9 Å². The highest BCUT2D eigenvalue weighted by Gasteiger charge is 2.26. The molecule has 0 unspecified atom stereocenters. The van der Waals surface area contributed by atoms with Crippen LogP contribution in [0.3, 0.4) is 0 Å². The predicted octanol–water partition coefficient (Wildman–Crippen LogP) is 1.80. The quantitative estimate of drug-likeness (QED) is 0.803. The van der Waals surface area contributed by atoms with Crippen LogP contribution < -0.4 is 5.32 Å². The molecule has 1 atom stereocenters. The van der Waals surface area contributed by atoms with Crippen LogP contribution in [0.25, 0.3) is 0 Å². The third kappa shape index (κ3) is 1.78. The largest absolute Gasteiger partial charge is 0.339 e. The van der Waals surface area contributed by atoms with Crippen molar-refractivity contribution >= 4 is 0 Å². The minimum atomic E-state index is 0.452. The molecule has 0 radical (unpaired) electrons. The molecule has 1 aliphatic carbocycles. The fourth-order valence-electron chi connectivity index (χ4n) is 2.63. The van der Waals surface area contributed by atoms with Gasteiger partial charge in [0, 0.05) is 12.5 Å². The van der Waals surface area contributed by atoms with Gasteiger partial charge in [-0.05, 0) is 25.8 Å². The van der Waals surface area contributed by atoms with E-state index < -0.39 is 0 Å². The summed E-state index contributed by atoms with van der Waals surface area (Å²) in [6, 6.07) is 0. The number of rotatable bonds is 2. The lowest BCUT2D eigenvalue weighted by Gasteiger charge is -2.01. The molecule has 4 heteroatoms. The van der Waals surface area contributed by atoms with Crippen LogP contribution in [0.2, 0.25) is 0 Å². The summed E-state index contributed by atoms with van der Waals surface area (Å²) in [5.74, 6) is 2.82. The van der Waals surface area contributed by atoms with Gasteiger partial charge in [-0.25, -0.2) is 0 Å². The van der Waals surface area contributed by atoms with Crippen LogP contribution in [0, 0.1) is 0 Å². The van der Waals surface area contributed by atoms with Crippen molar-refractivity contribution in [2.75, 3.05) is 13.1 Å². The second-order valence-corrected chi connectivity index (χ2v) is 4.66. The first-order valence-corrected chi connectivity index (χ1v) is 5.97. The van der Waals surface area contributed by atoms with E-state index in [1.54, 1.807) is 0 Å². The van der Waals surface area contributed by atoms with Crippen molar-refractivity contribution in [3.05, 3.63) is 11.7 Å². The molecule has 1 aromatic rings. The summed E-state index contributed by atoms with van der Waals surface area (Å²) >= 11 is 0. The molecule has 0 aromatic carbocycles. The van der Waals surface area contributed by atoms with E-state index in [2.05, 4.69) is 15.5 Å². The molecule has 1 aliphatic heterocycles. The van der Waals surface area contributed by atoms with Gasteiger partial charge in [-0.15, -0.1) is 0 Å². The highest BCUT2D eigenvalue weighted by molar-refractivity contribution is 5.02. The van der Waals surface area contributed by atoms with Gasteiger partial charge in [-0.3, -0.25) is 0 Å². The first-order valence-electron chi connectivity index (χ1n) is 5.97. The highest BCUT2D eigenvalue weighted by Crippen LogP contribution is 2.33. The van der Waals surface area contributed by atoms with Crippen molar-refractivity contribution < 1.29 is 4.52 Å². The minimum Gasteiger partial charge on any atom is -0.339 e. The van der Waals surface area contributed by atoms with Gasteiger partial charge >= 0.3 is 0 Å². The number of nitrogens with one attached hydrogen (secondary N) is 1. The molecule has 0 amide bonds. The second-order valence-electron chi connectivity index (χ2n) is 4.66. The maximum Gasteiger partial charge on any atom is 0.231 e. The molecule has 2 fully saturated rings. The monoisotopic (exact) mass is 207 g/mol. The molecule has 0 spiro atoms. The van der Waals surface area contributed by atoms with E-state index in [9.17, 15) is 0 Å². The Balaban J connectivity index is 1.74. The maximum absolute atomic E-state index is 5.36. The fourth-order valence-corrected chi connectivity index (χ4v) is 2.63. The average Bonchev–Trinajstić information content (AvgIpc) is 3.02. The standard InChI is InChI=1S/C11H17N3O/c1-2-4-8(3-1)10-13-11(15-14-10)9-5-6-12-7-9/h8-9,12H,1-7H2/t9-/m0/s1. The van der Waals surface area contributed by atoms with E-state index in [0.29, 0.717) is 11.8 Å². The van der Waals surface area contributed by atoms with Gasteiger partial charge < -0.3 is 9.84 Å². The summed E-state index contributed by atoms with van der Waals surface area (Å²) < 4.78 is 5.36. The third-order valence-electron chi connectivity index (χ3n) is 3.59. The molecule has 15 heavy (non-hydrogen) atoms. The Morgan fingerprint density at radius 1 is 1.13 bits per heavy atom. The van der Waals surface area contributed by atoms with Gasteiger partial charge in [0.05, 0.1) is 5.92 Å². The summed E-state index contributed by atoms with van der Waals surface area (Å²) in [5.41, 5.74) is 0. The van der Waals surface area contributed by atoms with Gasteiger partial charge in [-0.2, -0.15) is 4.98 Å². The Bertz CT molecular complexity index is 294. The summed E-state index contributed by atoms with van der Waals surface area (Å²) in [6.07, 6.45) is 6.25. The number of hydrogen-bond acceptors (Lipinski definition) is 4. The molecular weight excluding hydrogens is 190 g/mol. The summed E-state index contributed by atoms with van der Waals surface area (Å²) in [4.78, 5) is 4.56. The fraction of sp³-hybridized carbons (Fsp3) is 0.818. The van der Waals surface area contributed by atoms with Gasteiger partial charge in [0.2, 0.25) is 5.89 Å². The SMILES string of the molecule is C1CCC(c2noc([C@H]3CCNC3)n2)C1. The molecule has 1 N–H and O–H groups in total. The van der Waals surface area contributed by atoms with Crippen LogP contribution in [-0.2, 0) is 0 Å². The lowest BCUT2D eigenvalue weighted by molar-refractivity contribution is 0.352. The zero-order valence-corrected chi connectivity index (χ0v) is 8.91. The predicted molar refractivity (Wildman–Crippen MR) is 55.7 cm³/mol. The molecule has 1 saturated heterocycles. The van der Waals surface area contributed by atoms with E-state index in [4.69, 9.17) is 4.52 Å². The lowest BCUT2D eigenvalue weighted by Crippen LogP contribution is -2.08. The summed E-state index contributed by atoms with van der Waals surface area (Å²) in [7, 11) is 0. The molecule has 3 rings (SSSR count). The summed E-state index contributed by atoms with van der Waals surface area (Å²) in [5, 5.41) is 7.45. The number of nitrogens with zero attached hydrogens (tertiary/aromatic N) is 2. The Labute approximate surface area is 89.4 Å². The van der Waals surface area contributed by atoms with Crippen LogP contribution in [-0.4, -0.2) is 23.2 Å². The van der Waals surface area contributed by atoms with E-state index in [-0.39, 0.29) is 0 Å². The molecule has 1 aromatic heterocycles. The lowest BCUT2D eigenvalue weighted by atomic mass is 10.1. The smallest absolute Gasteiger partial charge is 0.231 e. The van der Waals surface area contributed by atoms with Crippen molar-refractivity contribution in [1.82, 2.24) is 15.5 Å². The normalized spacial score (nSPS) is 27.6. The number of hydrogen-bond donors (Lipinski definition) is 1. The average molecular weight is 207 g/mol. The minimum absolute atomic E-state index is 0.452. The second kappa shape index (κ2) is 3.93. The van der Waals surface area contributed by atoms with Gasteiger partial charge in [-0.1, -0.05) is 18.0 Å². The van der Waals surface area contributed by atoms with E-state index >= 15 is 0 Å². The molecule has 2 aliphatic rings. The Morgan fingerprint density at radius 3 is 2.73 bits per heavy atom. The maximum atomic E-state index is 5.36. The molecule has 2 heterocycles. The van der Waals surface area contributed by atoms with Gasteiger partial charge in [0.25, 0.3) is 0 Å². The Kier molecular flexibility index (Phi) is 2.44. The molecule has 82 valence electrons. The van der Waals surface area contributed by atoms with Crippen LogP contribution in [0.4, 0.5) is 0 Å². The summed E-state index contributed by atoms with van der Waals surface area (Å²) in [6.45, 7) is 2.07. The van der Waals surface area contributed by atoms with E-state index in [0.717, 1.165) is 31.2 Å². The Hall–Kier alpha value is -0.900. The third-order valence-corrected chi connectivity index (χ3v) is 3.59. The van der Waals surface area contributed by atoms with Crippen molar-refractivity contribution in [3.63, 3.8) is 0 Å². The topological polar surface area (TPSA) is 51.0 Å². The number of aromatic nitrogens is 2. The Morgan fingerprint density at radius 2 is 2.00 bits per heavy atom. The van der Waals surface area contributed by atoms with Crippen LogP contribution in [0.5, 0.6) is 0 Å². The molecule has 4 nitrogen and oxygen atoms in total. The zero-order chi connectivity index (χ0) is 10.1. The van der Waals surface area contributed by atoms with Crippen molar-refractivity contribution in [2.24, 2.45) is 0 Å². The highest BCUT2D eigenvalue weighted by atomic mass is 16.5. The van der Waals surface area contributed by atoms with E-state index in [1.165, 1.54) is 25.7 Å². The van der Waals surface area contributed by atoms with Gasteiger partial charge in [0.15, 0.2) is 5.82 Å². The van der Waals surface area contributed by atoms with E-state index in [1.807, 2.05) is 0 Å². The molecule has 1 saturated carbocycles. The van der Waals surface area contributed by atoms with Crippen LogP contribution in [0.1, 0.15) is 55.7 Å². The first-order chi connectivity index (χ1) is 7.43. The molecular formula is C11H17N3O. The van der Waals surface area contributed by atoms with Crippen LogP contribution >= 0.6 is 0 Å².